The summed E-state index contributed by atoms with van der Waals surface area (Å²) in [4.78, 5) is 24.6. The number of para-hydroxylation sites is 1. The molecule has 2 amide bonds. The van der Waals surface area contributed by atoms with Crippen LogP contribution in [0.5, 0.6) is 0 Å². The number of carbonyl (C=O) groups is 2. The van der Waals surface area contributed by atoms with Gasteiger partial charge in [-0.3, -0.25) is 4.79 Å². The molecule has 24 heavy (non-hydrogen) atoms. The van der Waals surface area contributed by atoms with Crippen LogP contribution in [0, 0.1) is 6.92 Å². The molecule has 0 fully saturated rings. The Morgan fingerprint density at radius 2 is 2.04 bits per heavy atom. The number of unbranched alkanes of at least 4 members (excludes halogenated alkanes) is 1. The summed E-state index contributed by atoms with van der Waals surface area (Å²) in [6.45, 7) is 4.28. The summed E-state index contributed by atoms with van der Waals surface area (Å²) in [6.07, 6.45) is 1.15. The lowest BCUT2D eigenvalue weighted by atomic mass is 10.1. The Bertz CT molecular complexity index is 671. The number of ether oxygens (including phenoxy) is 1. The number of aryl methyl sites for hydroxylation is 1. The van der Waals surface area contributed by atoms with Crippen LogP contribution in [-0.2, 0) is 9.53 Å². The zero-order valence-corrected chi connectivity index (χ0v) is 14.7. The van der Waals surface area contributed by atoms with E-state index in [1.54, 1.807) is 0 Å². The number of amides is 2. The number of rotatable bonds is 7. The van der Waals surface area contributed by atoms with E-state index in [1.165, 1.54) is 11.3 Å². The van der Waals surface area contributed by atoms with Gasteiger partial charge in [-0.25, -0.2) is 4.79 Å². The topological polar surface area (TPSA) is 67.4 Å². The number of anilines is 1. The average molecular weight is 346 g/mol. The van der Waals surface area contributed by atoms with Crippen molar-refractivity contribution in [1.29, 1.82) is 0 Å². The van der Waals surface area contributed by atoms with E-state index in [4.69, 9.17) is 4.74 Å². The Labute approximate surface area is 146 Å². The van der Waals surface area contributed by atoms with Gasteiger partial charge in [-0.05, 0) is 47.4 Å². The molecular weight excluding hydrogens is 324 g/mol. The van der Waals surface area contributed by atoms with Crippen LogP contribution in [0.2, 0.25) is 0 Å². The fraction of sp³-hybridized carbons (Fsp3) is 0.333. The number of hydrogen-bond acceptors (Lipinski definition) is 4. The van der Waals surface area contributed by atoms with Crippen molar-refractivity contribution < 1.29 is 14.3 Å². The van der Waals surface area contributed by atoms with Crippen molar-refractivity contribution in [3.63, 3.8) is 0 Å². The molecule has 2 rings (SSSR count). The van der Waals surface area contributed by atoms with Gasteiger partial charge in [-0.2, -0.15) is 11.3 Å². The van der Waals surface area contributed by atoms with E-state index in [2.05, 4.69) is 10.6 Å². The van der Waals surface area contributed by atoms with Crippen molar-refractivity contribution in [3.05, 3.63) is 52.2 Å². The highest BCUT2D eigenvalue weighted by Crippen LogP contribution is 2.20. The number of nitrogens with one attached hydrogen (secondary N) is 2. The highest BCUT2D eigenvalue weighted by molar-refractivity contribution is 7.08. The zero-order chi connectivity index (χ0) is 17.4. The monoisotopic (exact) mass is 346 g/mol. The molecule has 0 aliphatic carbocycles. The Balaban J connectivity index is 2.07. The van der Waals surface area contributed by atoms with Gasteiger partial charge in [-0.1, -0.05) is 31.5 Å². The van der Waals surface area contributed by atoms with Crippen molar-refractivity contribution in [2.24, 2.45) is 0 Å². The van der Waals surface area contributed by atoms with E-state index in [1.807, 2.05) is 54.9 Å². The number of carbonyl (C=O) groups excluding carboxylic acids is 2. The molecule has 0 saturated heterocycles. The molecule has 1 atom stereocenters. The maximum atomic E-state index is 12.7. The molecule has 5 nitrogen and oxygen atoms in total. The summed E-state index contributed by atoms with van der Waals surface area (Å²) in [5.41, 5.74) is 2.42. The summed E-state index contributed by atoms with van der Waals surface area (Å²) in [5, 5.41) is 9.23. The van der Waals surface area contributed by atoms with Crippen molar-refractivity contribution in [1.82, 2.24) is 5.32 Å². The average Bonchev–Trinajstić information content (AvgIpc) is 3.09. The highest BCUT2D eigenvalue weighted by Gasteiger charge is 2.24. The molecule has 0 spiro atoms. The van der Waals surface area contributed by atoms with Crippen LogP contribution in [0.15, 0.2) is 41.1 Å². The zero-order valence-electron chi connectivity index (χ0n) is 13.9. The first-order valence-corrected chi connectivity index (χ1v) is 8.88. The lowest BCUT2D eigenvalue weighted by Gasteiger charge is -2.18. The summed E-state index contributed by atoms with van der Waals surface area (Å²) >= 11 is 1.47. The summed E-state index contributed by atoms with van der Waals surface area (Å²) in [7, 11) is 0. The minimum atomic E-state index is -0.787. The predicted octanol–water partition coefficient (Wildman–Crippen LogP) is 4.26. The molecule has 0 radical (unpaired) electrons. The normalized spacial score (nSPS) is 11.6. The smallest absolute Gasteiger partial charge is 0.408 e. The van der Waals surface area contributed by atoms with Crippen molar-refractivity contribution in [2.45, 2.75) is 32.7 Å². The van der Waals surface area contributed by atoms with E-state index in [-0.39, 0.29) is 5.91 Å². The van der Waals surface area contributed by atoms with E-state index in [9.17, 15) is 9.59 Å². The van der Waals surface area contributed by atoms with Gasteiger partial charge in [0.05, 0.1) is 6.61 Å². The minimum Gasteiger partial charge on any atom is -0.450 e. The second-order valence-corrected chi connectivity index (χ2v) is 6.21. The number of hydrogen-bond donors (Lipinski definition) is 2. The van der Waals surface area contributed by atoms with Crippen LogP contribution in [0.1, 0.15) is 36.9 Å². The van der Waals surface area contributed by atoms with Crippen LogP contribution in [-0.4, -0.2) is 18.6 Å². The highest BCUT2D eigenvalue weighted by atomic mass is 32.1. The van der Waals surface area contributed by atoms with Gasteiger partial charge >= 0.3 is 6.09 Å². The SMILES string of the molecule is CCCCOC(=O)NC(C(=O)Nc1ccccc1C)c1ccsc1. The second kappa shape index (κ2) is 9.08. The third-order valence-electron chi connectivity index (χ3n) is 3.53. The fourth-order valence-electron chi connectivity index (χ4n) is 2.13. The molecule has 0 saturated carbocycles. The molecule has 128 valence electrons. The molecule has 1 heterocycles. The van der Waals surface area contributed by atoms with Crippen LogP contribution < -0.4 is 10.6 Å². The minimum absolute atomic E-state index is 0.296. The summed E-state index contributed by atoms with van der Waals surface area (Å²) in [5.74, 6) is -0.296. The molecule has 0 bridgehead atoms. The first-order valence-electron chi connectivity index (χ1n) is 7.93. The second-order valence-electron chi connectivity index (χ2n) is 5.43. The largest absolute Gasteiger partial charge is 0.450 e. The fourth-order valence-corrected chi connectivity index (χ4v) is 2.81. The molecule has 6 heteroatoms. The predicted molar refractivity (Wildman–Crippen MR) is 96.3 cm³/mol. The molecule has 0 aliphatic heterocycles. The molecule has 0 aliphatic rings. The van der Waals surface area contributed by atoms with Crippen molar-refractivity contribution in [2.75, 3.05) is 11.9 Å². The maximum Gasteiger partial charge on any atom is 0.408 e. The number of alkyl carbamates (subject to hydrolysis) is 1. The molecule has 2 aromatic rings. The third-order valence-corrected chi connectivity index (χ3v) is 4.24. The van der Waals surface area contributed by atoms with Crippen molar-refractivity contribution in [3.8, 4) is 0 Å². The van der Waals surface area contributed by atoms with Crippen LogP contribution >= 0.6 is 11.3 Å². The first-order chi connectivity index (χ1) is 11.6. The maximum absolute atomic E-state index is 12.7. The Morgan fingerprint density at radius 3 is 2.71 bits per heavy atom. The van der Waals surface area contributed by atoms with Gasteiger partial charge in [0.15, 0.2) is 0 Å². The van der Waals surface area contributed by atoms with E-state index in [0.717, 1.165) is 29.7 Å². The van der Waals surface area contributed by atoms with Gasteiger partial charge in [0, 0.05) is 5.69 Å². The van der Waals surface area contributed by atoms with Gasteiger partial charge in [0.2, 0.25) is 0 Å². The first kappa shape index (κ1) is 18.0. The molecule has 1 aromatic carbocycles. The molecule has 1 aromatic heterocycles. The lowest BCUT2D eigenvalue weighted by Crippen LogP contribution is -2.37. The standard InChI is InChI=1S/C18H22N2O3S/c1-3-4-10-23-18(22)20-16(14-9-11-24-12-14)17(21)19-15-8-6-5-7-13(15)2/h5-9,11-12,16H,3-4,10H2,1-2H3,(H,19,21)(H,20,22). The molecule has 2 N–H and O–H groups in total. The van der Waals surface area contributed by atoms with E-state index < -0.39 is 12.1 Å². The summed E-state index contributed by atoms with van der Waals surface area (Å²) < 4.78 is 5.11. The Morgan fingerprint density at radius 1 is 1.25 bits per heavy atom. The molecule has 1 unspecified atom stereocenters. The van der Waals surface area contributed by atoms with Gasteiger partial charge in [0.25, 0.3) is 5.91 Å². The van der Waals surface area contributed by atoms with Crippen LogP contribution in [0.25, 0.3) is 0 Å². The quantitative estimate of drug-likeness (QED) is 0.736. The summed E-state index contributed by atoms with van der Waals surface area (Å²) in [6, 6.07) is 8.54. The number of thiophene rings is 1. The lowest BCUT2D eigenvalue weighted by molar-refractivity contribution is -0.118. The van der Waals surface area contributed by atoms with Gasteiger partial charge < -0.3 is 15.4 Å². The van der Waals surface area contributed by atoms with Gasteiger partial charge in [-0.15, -0.1) is 0 Å². The van der Waals surface area contributed by atoms with Crippen LogP contribution in [0.4, 0.5) is 10.5 Å². The van der Waals surface area contributed by atoms with Crippen LogP contribution in [0.3, 0.4) is 0 Å². The van der Waals surface area contributed by atoms with Gasteiger partial charge in [0.1, 0.15) is 6.04 Å². The van der Waals surface area contributed by atoms with E-state index >= 15 is 0 Å². The number of benzene rings is 1. The van der Waals surface area contributed by atoms with E-state index in [0.29, 0.717) is 6.61 Å². The molecular formula is C18H22N2O3S. The third kappa shape index (κ3) is 5.09. The Hall–Kier alpha value is -2.34. The van der Waals surface area contributed by atoms with Crippen molar-refractivity contribution >= 4 is 29.0 Å². The Kier molecular flexibility index (Phi) is 6.81.